The average molecular weight is 419 g/mol. The average Bonchev–Trinajstić information content (AvgIpc) is 2.74. The number of hydrogen-bond acceptors (Lipinski definition) is 5. The van der Waals surface area contributed by atoms with Crippen molar-refractivity contribution in [2.75, 3.05) is 27.3 Å². The molecule has 0 aliphatic carbocycles. The number of carbonyl (C=O) groups is 1. The Morgan fingerprint density at radius 2 is 1.69 bits per heavy atom. The quantitative estimate of drug-likeness (QED) is 0.745. The van der Waals surface area contributed by atoms with E-state index in [1.807, 2.05) is 24.3 Å². The third-order valence-electron chi connectivity index (χ3n) is 5.06. The maximum Gasteiger partial charge on any atom is 0.243 e. The number of methoxy groups -OCH3 is 2. The van der Waals surface area contributed by atoms with E-state index in [0.29, 0.717) is 37.4 Å². The molecule has 1 amide bonds. The zero-order valence-electron chi connectivity index (χ0n) is 16.6. The first-order chi connectivity index (χ1) is 13.9. The van der Waals surface area contributed by atoms with Crippen molar-refractivity contribution in [1.82, 2.24) is 9.62 Å². The molecule has 1 aliphatic rings. The van der Waals surface area contributed by atoms with Crippen molar-refractivity contribution < 1.29 is 22.7 Å². The first kappa shape index (κ1) is 21.1. The standard InChI is InChI=1S/C21H26N2O5S/c1-27-18-7-9-19(10-8-18)29(25,26)23-13-11-17(12-14-23)22-21(24)15-16-5-3-4-6-20(16)28-2/h3-10,17H,11-15H2,1-2H3,(H,22,24). The maximum absolute atomic E-state index is 12.8. The zero-order chi connectivity index (χ0) is 20.9. The Bertz CT molecular complexity index is 936. The number of ether oxygens (including phenoxy) is 2. The highest BCUT2D eigenvalue weighted by Gasteiger charge is 2.30. The molecule has 0 unspecified atom stereocenters. The number of benzene rings is 2. The molecule has 1 aliphatic heterocycles. The molecule has 1 heterocycles. The van der Waals surface area contributed by atoms with E-state index in [9.17, 15) is 13.2 Å². The van der Waals surface area contributed by atoms with Gasteiger partial charge in [0.25, 0.3) is 0 Å². The number of para-hydroxylation sites is 1. The lowest BCUT2D eigenvalue weighted by Gasteiger charge is -2.31. The summed E-state index contributed by atoms with van der Waals surface area (Å²) in [4.78, 5) is 12.6. The van der Waals surface area contributed by atoms with E-state index in [1.165, 1.54) is 11.4 Å². The Labute approximate surface area is 171 Å². The van der Waals surface area contributed by atoms with E-state index in [0.717, 1.165) is 5.56 Å². The van der Waals surface area contributed by atoms with Crippen molar-refractivity contribution >= 4 is 15.9 Å². The summed E-state index contributed by atoms with van der Waals surface area (Å²) in [5, 5.41) is 3.01. The number of amides is 1. The van der Waals surface area contributed by atoms with E-state index in [-0.39, 0.29) is 23.3 Å². The number of sulfonamides is 1. The monoisotopic (exact) mass is 418 g/mol. The second-order valence-corrected chi connectivity index (χ2v) is 8.85. The summed E-state index contributed by atoms with van der Waals surface area (Å²) in [5.74, 6) is 1.20. The molecule has 1 saturated heterocycles. The predicted molar refractivity (Wildman–Crippen MR) is 110 cm³/mol. The normalized spacial score (nSPS) is 15.7. The second-order valence-electron chi connectivity index (χ2n) is 6.91. The predicted octanol–water partition coefficient (Wildman–Crippen LogP) is 2.22. The first-order valence-electron chi connectivity index (χ1n) is 9.49. The summed E-state index contributed by atoms with van der Waals surface area (Å²) in [6.45, 7) is 0.738. The molecule has 3 rings (SSSR count). The summed E-state index contributed by atoms with van der Waals surface area (Å²) in [7, 11) is -0.431. The topological polar surface area (TPSA) is 84.9 Å². The van der Waals surface area contributed by atoms with Gasteiger partial charge < -0.3 is 14.8 Å². The number of carbonyl (C=O) groups excluding carboxylic acids is 1. The molecule has 8 heteroatoms. The molecule has 0 saturated carbocycles. The van der Waals surface area contributed by atoms with Gasteiger partial charge in [0.1, 0.15) is 11.5 Å². The van der Waals surface area contributed by atoms with Crippen LogP contribution in [0.2, 0.25) is 0 Å². The van der Waals surface area contributed by atoms with Crippen LogP contribution in [-0.2, 0) is 21.2 Å². The van der Waals surface area contributed by atoms with Crippen LogP contribution in [0, 0.1) is 0 Å². The Morgan fingerprint density at radius 1 is 1.03 bits per heavy atom. The van der Waals surface area contributed by atoms with Gasteiger partial charge in [-0.25, -0.2) is 8.42 Å². The lowest BCUT2D eigenvalue weighted by Crippen LogP contribution is -2.46. The maximum atomic E-state index is 12.8. The number of nitrogens with zero attached hydrogens (tertiary/aromatic N) is 1. The van der Waals surface area contributed by atoms with Gasteiger partial charge in [-0.2, -0.15) is 4.31 Å². The molecule has 29 heavy (non-hydrogen) atoms. The molecular formula is C21H26N2O5S. The van der Waals surface area contributed by atoms with E-state index in [4.69, 9.17) is 9.47 Å². The van der Waals surface area contributed by atoms with E-state index >= 15 is 0 Å². The van der Waals surface area contributed by atoms with Crippen molar-refractivity contribution in [3.8, 4) is 11.5 Å². The lowest BCUT2D eigenvalue weighted by molar-refractivity contribution is -0.121. The van der Waals surface area contributed by atoms with Crippen LogP contribution in [0.1, 0.15) is 18.4 Å². The molecule has 0 aromatic heterocycles. The summed E-state index contributed by atoms with van der Waals surface area (Å²) < 4.78 is 37.5. The van der Waals surface area contributed by atoms with Crippen molar-refractivity contribution in [3.63, 3.8) is 0 Å². The van der Waals surface area contributed by atoms with Crippen LogP contribution < -0.4 is 14.8 Å². The molecule has 0 spiro atoms. The molecule has 156 valence electrons. The van der Waals surface area contributed by atoms with Gasteiger partial charge in [-0.1, -0.05) is 18.2 Å². The molecule has 2 aromatic carbocycles. The zero-order valence-corrected chi connectivity index (χ0v) is 17.4. The first-order valence-corrected chi connectivity index (χ1v) is 10.9. The minimum atomic E-state index is -3.55. The third kappa shape index (κ3) is 5.07. The minimum Gasteiger partial charge on any atom is -0.497 e. The fourth-order valence-electron chi connectivity index (χ4n) is 3.44. The van der Waals surface area contributed by atoms with Crippen LogP contribution in [0.3, 0.4) is 0 Å². The third-order valence-corrected chi connectivity index (χ3v) is 6.97. The fourth-order valence-corrected chi connectivity index (χ4v) is 4.91. The van der Waals surface area contributed by atoms with Crippen LogP contribution in [-0.4, -0.2) is 52.0 Å². The van der Waals surface area contributed by atoms with Crippen molar-refractivity contribution in [2.45, 2.75) is 30.2 Å². The Kier molecular flexibility index (Phi) is 6.76. The molecule has 7 nitrogen and oxygen atoms in total. The lowest BCUT2D eigenvalue weighted by atomic mass is 10.1. The number of rotatable bonds is 7. The van der Waals surface area contributed by atoms with Crippen LogP contribution >= 0.6 is 0 Å². The second kappa shape index (κ2) is 9.28. The van der Waals surface area contributed by atoms with Gasteiger partial charge in [-0.3, -0.25) is 4.79 Å². The summed E-state index contributed by atoms with van der Waals surface area (Å²) in [5.41, 5.74) is 0.826. The SMILES string of the molecule is COc1ccc(S(=O)(=O)N2CCC(NC(=O)Cc3ccccc3OC)CC2)cc1. The summed E-state index contributed by atoms with van der Waals surface area (Å²) in [6, 6.07) is 13.7. The molecule has 0 bridgehead atoms. The largest absolute Gasteiger partial charge is 0.497 e. The number of piperidine rings is 1. The Morgan fingerprint density at radius 3 is 2.31 bits per heavy atom. The van der Waals surface area contributed by atoms with Crippen LogP contribution in [0.25, 0.3) is 0 Å². The smallest absolute Gasteiger partial charge is 0.243 e. The van der Waals surface area contributed by atoms with Crippen molar-refractivity contribution in [1.29, 1.82) is 0 Å². The van der Waals surface area contributed by atoms with Crippen molar-refractivity contribution in [3.05, 3.63) is 54.1 Å². The molecule has 0 atom stereocenters. The van der Waals surface area contributed by atoms with Crippen LogP contribution in [0.5, 0.6) is 11.5 Å². The minimum absolute atomic E-state index is 0.0421. The van der Waals surface area contributed by atoms with Gasteiger partial charge >= 0.3 is 0 Å². The molecule has 2 aromatic rings. The van der Waals surface area contributed by atoms with Gasteiger partial charge in [0.05, 0.1) is 25.5 Å². The van der Waals surface area contributed by atoms with E-state index in [2.05, 4.69) is 5.32 Å². The van der Waals surface area contributed by atoms with Gasteiger partial charge in [0.15, 0.2) is 0 Å². The number of hydrogen-bond donors (Lipinski definition) is 1. The van der Waals surface area contributed by atoms with Crippen LogP contribution in [0.4, 0.5) is 0 Å². The summed E-state index contributed by atoms with van der Waals surface area (Å²) >= 11 is 0. The Balaban J connectivity index is 1.55. The van der Waals surface area contributed by atoms with Crippen molar-refractivity contribution in [2.24, 2.45) is 0 Å². The van der Waals surface area contributed by atoms with Gasteiger partial charge in [-0.15, -0.1) is 0 Å². The Hall–Kier alpha value is -2.58. The summed E-state index contributed by atoms with van der Waals surface area (Å²) in [6.07, 6.45) is 1.38. The number of nitrogens with one attached hydrogen (secondary N) is 1. The van der Waals surface area contributed by atoms with E-state index < -0.39 is 10.0 Å². The van der Waals surface area contributed by atoms with Crippen LogP contribution in [0.15, 0.2) is 53.4 Å². The highest BCUT2D eigenvalue weighted by Crippen LogP contribution is 2.23. The van der Waals surface area contributed by atoms with E-state index in [1.54, 1.807) is 31.4 Å². The molecule has 1 fully saturated rings. The highest BCUT2D eigenvalue weighted by atomic mass is 32.2. The molecule has 1 N–H and O–H groups in total. The van der Waals surface area contributed by atoms with Gasteiger partial charge in [0.2, 0.25) is 15.9 Å². The highest BCUT2D eigenvalue weighted by molar-refractivity contribution is 7.89. The molecular weight excluding hydrogens is 392 g/mol. The fraction of sp³-hybridized carbons (Fsp3) is 0.381. The van der Waals surface area contributed by atoms with Gasteiger partial charge in [-0.05, 0) is 43.2 Å². The molecule has 0 radical (unpaired) electrons. The van der Waals surface area contributed by atoms with Gasteiger partial charge in [0, 0.05) is 24.7 Å².